The lowest BCUT2D eigenvalue weighted by Crippen LogP contribution is -2.41. The molecule has 0 spiro atoms. The van der Waals surface area contributed by atoms with E-state index in [2.05, 4.69) is 9.97 Å². The quantitative estimate of drug-likeness (QED) is 0.695. The Morgan fingerprint density at radius 3 is 2.83 bits per heavy atom. The number of likely N-dealkylation sites (tertiary alicyclic amines) is 1. The molecule has 4 rings (SSSR count). The molecule has 0 aliphatic carbocycles. The van der Waals surface area contributed by atoms with Crippen molar-refractivity contribution in [1.29, 1.82) is 0 Å². The van der Waals surface area contributed by atoms with Crippen LogP contribution in [-0.2, 0) is 16.1 Å². The fourth-order valence-corrected chi connectivity index (χ4v) is 4.10. The van der Waals surface area contributed by atoms with Crippen molar-refractivity contribution in [3.05, 3.63) is 66.0 Å². The molecule has 3 unspecified atom stereocenters. The molecule has 7 heteroatoms. The maximum atomic E-state index is 12.8. The molecule has 3 aromatic rings. The average Bonchev–Trinajstić information content (AvgIpc) is 3.31. The van der Waals surface area contributed by atoms with E-state index in [1.165, 1.54) is 11.8 Å². The van der Waals surface area contributed by atoms with Crippen LogP contribution in [0.1, 0.15) is 30.4 Å². The largest absolute Gasteiger partial charge is 0.445 e. The molecule has 2 N–H and O–H groups in total. The number of Topliss-reactive ketones (excluding diaryl/α,β-unsaturated/α-hetero) is 1. The zero-order valence-corrected chi connectivity index (χ0v) is 16.1. The van der Waals surface area contributed by atoms with Crippen LogP contribution in [0.4, 0.5) is 4.79 Å². The molecule has 1 fully saturated rings. The minimum atomic E-state index is -0.700. The maximum absolute atomic E-state index is 12.8. The lowest BCUT2D eigenvalue weighted by atomic mass is 9.86. The van der Waals surface area contributed by atoms with E-state index >= 15 is 0 Å². The number of H-pyrrole nitrogens is 1. The summed E-state index contributed by atoms with van der Waals surface area (Å²) in [6, 6.07) is 12.6. The van der Waals surface area contributed by atoms with Gasteiger partial charge in [-0.15, -0.1) is 0 Å². The highest BCUT2D eigenvalue weighted by Crippen LogP contribution is 2.35. The number of nitrogens with one attached hydrogen (secondary N) is 1. The predicted molar refractivity (Wildman–Crippen MR) is 107 cm³/mol. The van der Waals surface area contributed by atoms with Gasteiger partial charge in [0, 0.05) is 17.8 Å². The summed E-state index contributed by atoms with van der Waals surface area (Å²) in [5.74, 6) is -0.649. The van der Waals surface area contributed by atoms with Crippen molar-refractivity contribution in [2.75, 3.05) is 6.54 Å². The summed E-state index contributed by atoms with van der Waals surface area (Å²) < 4.78 is 5.47. The Morgan fingerprint density at radius 1 is 1.28 bits per heavy atom. The van der Waals surface area contributed by atoms with E-state index in [4.69, 9.17) is 4.74 Å². The summed E-state index contributed by atoms with van der Waals surface area (Å²) >= 11 is 0. The van der Waals surface area contributed by atoms with Gasteiger partial charge in [-0.2, -0.15) is 0 Å². The van der Waals surface area contributed by atoms with Gasteiger partial charge < -0.3 is 19.7 Å². The number of rotatable bonds is 5. The van der Waals surface area contributed by atoms with Crippen molar-refractivity contribution in [3.63, 3.8) is 0 Å². The van der Waals surface area contributed by atoms with E-state index in [0.717, 1.165) is 16.5 Å². The number of benzene rings is 1. The van der Waals surface area contributed by atoms with Gasteiger partial charge in [-0.25, -0.2) is 9.78 Å². The lowest BCUT2D eigenvalue weighted by molar-refractivity contribution is -0.119. The Morgan fingerprint density at radius 2 is 2.07 bits per heavy atom. The predicted octanol–water partition coefficient (Wildman–Crippen LogP) is 3.01. The fourth-order valence-electron chi connectivity index (χ4n) is 4.10. The maximum Gasteiger partial charge on any atom is 0.410 e. The number of aliphatic hydroxyl groups excluding tert-OH is 1. The number of carbonyl (C=O) groups excluding carboxylic acids is 2. The summed E-state index contributed by atoms with van der Waals surface area (Å²) in [5.41, 5.74) is 2.34. The first kappa shape index (κ1) is 19.1. The lowest BCUT2D eigenvalue weighted by Gasteiger charge is -2.29. The molecule has 0 saturated carbocycles. The number of aromatic nitrogens is 2. The number of aromatic amines is 1. The van der Waals surface area contributed by atoms with Crippen molar-refractivity contribution in [2.45, 2.75) is 38.0 Å². The molecule has 3 heterocycles. The number of β-amino-alcohol motifs (C(OH)–C–C–N with tert-alkyl or cyclic N) is 1. The number of carbonyl (C=O) groups is 2. The first-order chi connectivity index (χ1) is 14.0. The number of pyridine rings is 1. The molecule has 1 amide bonds. The Hall–Kier alpha value is -3.19. The van der Waals surface area contributed by atoms with Gasteiger partial charge >= 0.3 is 6.09 Å². The second kappa shape index (κ2) is 8.05. The Balaban J connectivity index is 1.59. The Kier molecular flexibility index (Phi) is 5.31. The number of hydrogen-bond acceptors (Lipinski definition) is 5. The number of hydrogen-bond donors (Lipinski definition) is 2. The highest BCUT2D eigenvalue weighted by atomic mass is 16.6. The van der Waals surface area contributed by atoms with E-state index < -0.39 is 24.2 Å². The third-order valence-corrected chi connectivity index (χ3v) is 5.40. The number of ether oxygens (including phenoxy) is 1. The first-order valence-electron chi connectivity index (χ1n) is 9.62. The van der Waals surface area contributed by atoms with Crippen molar-refractivity contribution in [1.82, 2.24) is 14.9 Å². The van der Waals surface area contributed by atoms with Crippen LogP contribution in [0.3, 0.4) is 0 Å². The van der Waals surface area contributed by atoms with E-state index in [0.29, 0.717) is 12.1 Å². The van der Waals surface area contributed by atoms with Crippen LogP contribution in [0.5, 0.6) is 0 Å². The normalized spacial score (nSPS) is 20.0. The van der Waals surface area contributed by atoms with Crippen LogP contribution in [0.25, 0.3) is 11.0 Å². The van der Waals surface area contributed by atoms with Gasteiger partial charge in [0.25, 0.3) is 0 Å². The van der Waals surface area contributed by atoms with Crippen molar-refractivity contribution in [3.8, 4) is 0 Å². The van der Waals surface area contributed by atoms with Gasteiger partial charge in [-0.05, 0) is 36.6 Å². The van der Waals surface area contributed by atoms with Gasteiger partial charge in [0.15, 0.2) is 0 Å². The summed E-state index contributed by atoms with van der Waals surface area (Å²) in [6.07, 6.45) is 2.53. The molecule has 3 atom stereocenters. The van der Waals surface area contributed by atoms with Crippen LogP contribution in [0.2, 0.25) is 0 Å². The minimum absolute atomic E-state index is 0.0743. The fraction of sp³-hybridized carbons (Fsp3) is 0.318. The summed E-state index contributed by atoms with van der Waals surface area (Å²) in [4.78, 5) is 34.3. The van der Waals surface area contributed by atoms with Crippen molar-refractivity contribution >= 4 is 22.9 Å². The van der Waals surface area contributed by atoms with Crippen LogP contribution in [-0.4, -0.2) is 50.5 Å². The first-order valence-corrected chi connectivity index (χ1v) is 9.62. The van der Waals surface area contributed by atoms with Crippen molar-refractivity contribution in [2.24, 2.45) is 0 Å². The summed E-state index contributed by atoms with van der Waals surface area (Å²) in [6.45, 7) is 1.79. The molecule has 1 aliphatic rings. The molecule has 1 saturated heterocycles. The number of aliphatic hydroxyl groups is 1. The molecule has 1 aliphatic heterocycles. The van der Waals surface area contributed by atoms with E-state index in [1.54, 1.807) is 12.4 Å². The van der Waals surface area contributed by atoms with Crippen molar-refractivity contribution < 1.29 is 19.4 Å². The molecule has 29 heavy (non-hydrogen) atoms. The topological polar surface area (TPSA) is 95.5 Å². The van der Waals surface area contributed by atoms with Gasteiger partial charge in [-0.1, -0.05) is 30.3 Å². The smallest absolute Gasteiger partial charge is 0.410 e. The highest BCUT2D eigenvalue weighted by Gasteiger charge is 2.43. The molecule has 0 bridgehead atoms. The third-order valence-electron chi connectivity index (χ3n) is 5.40. The molecular formula is C22H23N3O4. The van der Waals surface area contributed by atoms with Gasteiger partial charge in [0.1, 0.15) is 18.0 Å². The van der Waals surface area contributed by atoms with E-state index in [-0.39, 0.29) is 18.9 Å². The van der Waals surface area contributed by atoms with Crippen LogP contribution in [0, 0.1) is 0 Å². The number of ketones is 1. The monoisotopic (exact) mass is 393 g/mol. The van der Waals surface area contributed by atoms with Crippen LogP contribution in [0.15, 0.2) is 54.9 Å². The molecule has 0 radical (unpaired) electrons. The highest BCUT2D eigenvalue weighted by molar-refractivity contribution is 5.91. The van der Waals surface area contributed by atoms with E-state index in [1.807, 2.05) is 42.5 Å². The number of nitrogens with zero attached hydrogens (tertiary/aromatic N) is 2. The van der Waals surface area contributed by atoms with E-state index in [9.17, 15) is 14.7 Å². The SMILES string of the molecule is CC(=O)C(c1c[nH]c2ncccc12)C1CC(O)CN1C(=O)OCc1ccccc1. The summed E-state index contributed by atoms with van der Waals surface area (Å²) in [5, 5.41) is 11.1. The second-order valence-electron chi connectivity index (χ2n) is 7.38. The molecular weight excluding hydrogens is 370 g/mol. The summed E-state index contributed by atoms with van der Waals surface area (Å²) in [7, 11) is 0. The average molecular weight is 393 g/mol. The number of fused-ring (bicyclic) bond motifs is 1. The second-order valence-corrected chi connectivity index (χ2v) is 7.38. The molecule has 150 valence electrons. The van der Waals surface area contributed by atoms with Crippen LogP contribution < -0.4 is 0 Å². The van der Waals surface area contributed by atoms with Crippen LogP contribution >= 0.6 is 0 Å². The zero-order chi connectivity index (χ0) is 20.4. The molecule has 1 aromatic carbocycles. The molecule has 7 nitrogen and oxygen atoms in total. The van der Waals surface area contributed by atoms with Gasteiger partial charge in [0.05, 0.1) is 24.6 Å². The van der Waals surface area contributed by atoms with Gasteiger partial charge in [-0.3, -0.25) is 4.79 Å². The van der Waals surface area contributed by atoms with Gasteiger partial charge in [0.2, 0.25) is 0 Å². The standard InChI is InChI=1S/C22H23N3O4/c1-14(26)20(18-11-24-21-17(18)8-5-9-23-21)19-10-16(27)12-25(19)22(28)29-13-15-6-3-2-4-7-15/h2-9,11,16,19-20,27H,10,12-13H2,1H3,(H,23,24). The zero-order valence-electron chi connectivity index (χ0n) is 16.1. The number of amides is 1. The Labute approximate surface area is 168 Å². The molecule has 2 aromatic heterocycles. The third kappa shape index (κ3) is 3.86. The Bertz CT molecular complexity index is 1020. The minimum Gasteiger partial charge on any atom is -0.445 e.